The first-order valence-corrected chi connectivity index (χ1v) is 10.1. The highest BCUT2D eigenvalue weighted by molar-refractivity contribution is 6.33. The summed E-state index contributed by atoms with van der Waals surface area (Å²) in [5.74, 6) is 0.461. The molecule has 0 aliphatic heterocycles. The molecule has 1 aliphatic rings. The molecule has 1 aliphatic carbocycles. The van der Waals surface area contributed by atoms with Gasteiger partial charge in [-0.15, -0.1) is 0 Å². The van der Waals surface area contributed by atoms with Gasteiger partial charge >= 0.3 is 0 Å². The van der Waals surface area contributed by atoms with Crippen LogP contribution in [0.25, 0.3) is 0 Å². The number of carbonyl (C=O) groups excluding carboxylic acids is 1. The van der Waals surface area contributed by atoms with E-state index in [2.05, 4.69) is 15.5 Å². The molecule has 6 nitrogen and oxygen atoms in total. The summed E-state index contributed by atoms with van der Waals surface area (Å²) in [6.45, 7) is 2.33. The van der Waals surface area contributed by atoms with Crippen LogP contribution in [-0.2, 0) is 6.54 Å². The molecule has 0 spiro atoms. The number of anilines is 1. The Morgan fingerprint density at radius 2 is 1.93 bits per heavy atom. The average molecular weight is 398 g/mol. The zero-order valence-electron chi connectivity index (χ0n) is 15.9. The van der Waals surface area contributed by atoms with Gasteiger partial charge < -0.3 is 5.32 Å². The number of aryl methyl sites for hydroxylation is 1. The van der Waals surface area contributed by atoms with E-state index in [0.29, 0.717) is 34.8 Å². The van der Waals surface area contributed by atoms with Crippen LogP contribution in [0, 0.1) is 6.92 Å². The third kappa shape index (κ3) is 3.83. The molecule has 1 aromatic carbocycles. The van der Waals surface area contributed by atoms with Gasteiger partial charge in [-0.05, 0) is 25.3 Å². The highest BCUT2D eigenvalue weighted by Crippen LogP contribution is 2.30. The highest BCUT2D eigenvalue weighted by Gasteiger charge is 2.23. The molecule has 1 N–H and O–H groups in total. The van der Waals surface area contributed by atoms with Crippen LogP contribution in [0.1, 0.15) is 59.8 Å². The fourth-order valence-corrected chi connectivity index (χ4v) is 4.20. The van der Waals surface area contributed by atoms with Gasteiger partial charge in [-0.2, -0.15) is 10.2 Å². The van der Waals surface area contributed by atoms with Gasteiger partial charge in [-0.1, -0.05) is 61.2 Å². The third-order valence-corrected chi connectivity index (χ3v) is 5.68. The molecule has 1 saturated carbocycles. The molecule has 0 atom stereocenters. The minimum Gasteiger partial charge on any atom is -0.307 e. The first kappa shape index (κ1) is 18.7. The van der Waals surface area contributed by atoms with E-state index in [1.165, 1.54) is 19.3 Å². The van der Waals surface area contributed by atoms with Crippen LogP contribution in [-0.4, -0.2) is 25.5 Å². The molecule has 2 aromatic heterocycles. The predicted octanol–water partition coefficient (Wildman–Crippen LogP) is 4.85. The maximum atomic E-state index is 13.0. The molecule has 2 heterocycles. The maximum absolute atomic E-state index is 13.0. The standard InChI is InChI=1S/C21H24ClN5O/c1-15-19(20(22)26(25-15)14-16-8-4-2-5-9-16)21(28)24-18-12-13-23-27(18)17-10-6-3-7-11-17/h2,4-5,8-9,12-13,17H,3,6-7,10-11,14H2,1H3,(H,24,28). The maximum Gasteiger partial charge on any atom is 0.261 e. The Hall–Kier alpha value is -2.60. The number of rotatable bonds is 5. The average Bonchev–Trinajstić information content (AvgIpc) is 3.27. The van der Waals surface area contributed by atoms with E-state index in [4.69, 9.17) is 11.6 Å². The van der Waals surface area contributed by atoms with E-state index in [-0.39, 0.29) is 5.91 Å². The molecule has 0 bridgehead atoms. The molecule has 3 aromatic rings. The number of nitrogens with one attached hydrogen (secondary N) is 1. The van der Waals surface area contributed by atoms with Crippen LogP contribution in [0.15, 0.2) is 42.6 Å². The molecule has 0 radical (unpaired) electrons. The predicted molar refractivity (Wildman–Crippen MR) is 110 cm³/mol. The van der Waals surface area contributed by atoms with Gasteiger partial charge in [-0.25, -0.2) is 9.36 Å². The van der Waals surface area contributed by atoms with Crippen molar-refractivity contribution in [1.82, 2.24) is 19.6 Å². The first-order chi connectivity index (χ1) is 13.6. The van der Waals surface area contributed by atoms with Crippen molar-refractivity contribution in [1.29, 1.82) is 0 Å². The molecule has 1 fully saturated rings. The molecular weight excluding hydrogens is 374 g/mol. The van der Waals surface area contributed by atoms with E-state index in [9.17, 15) is 4.79 Å². The summed E-state index contributed by atoms with van der Waals surface area (Å²) in [6.07, 6.45) is 7.61. The largest absolute Gasteiger partial charge is 0.307 e. The van der Waals surface area contributed by atoms with Crippen LogP contribution < -0.4 is 5.32 Å². The number of hydrogen-bond acceptors (Lipinski definition) is 3. The summed E-state index contributed by atoms with van der Waals surface area (Å²) in [5.41, 5.74) is 2.10. The van der Waals surface area contributed by atoms with Gasteiger partial charge in [0.05, 0.1) is 30.0 Å². The molecule has 1 amide bonds. The zero-order valence-corrected chi connectivity index (χ0v) is 16.7. The smallest absolute Gasteiger partial charge is 0.261 e. The van der Waals surface area contributed by atoms with Crippen molar-refractivity contribution in [2.75, 3.05) is 5.32 Å². The minimum atomic E-state index is -0.251. The topological polar surface area (TPSA) is 64.7 Å². The van der Waals surface area contributed by atoms with Crippen LogP contribution in [0.5, 0.6) is 0 Å². The van der Waals surface area contributed by atoms with Crippen molar-refractivity contribution in [2.45, 2.75) is 51.6 Å². The Morgan fingerprint density at radius 3 is 2.68 bits per heavy atom. The number of amides is 1. The van der Waals surface area contributed by atoms with E-state index >= 15 is 0 Å². The van der Waals surface area contributed by atoms with E-state index in [0.717, 1.165) is 18.4 Å². The Balaban J connectivity index is 1.54. The number of hydrogen-bond donors (Lipinski definition) is 1. The lowest BCUT2D eigenvalue weighted by Gasteiger charge is -2.23. The van der Waals surface area contributed by atoms with E-state index in [1.54, 1.807) is 17.8 Å². The van der Waals surface area contributed by atoms with Crippen molar-refractivity contribution in [3.63, 3.8) is 0 Å². The Morgan fingerprint density at radius 1 is 1.18 bits per heavy atom. The van der Waals surface area contributed by atoms with Gasteiger partial charge in [0.2, 0.25) is 0 Å². The molecule has 28 heavy (non-hydrogen) atoms. The fourth-order valence-electron chi connectivity index (χ4n) is 3.88. The summed E-state index contributed by atoms with van der Waals surface area (Å²) in [7, 11) is 0. The van der Waals surface area contributed by atoms with Crippen LogP contribution in [0.4, 0.5) is 5.82 Å². The van der Waals surface area contributed by atoms with Crippen molar-refractivity contribution < 1.29 is 4.79 Å². The summed E-state index contributed by atoms with van der Waals surface area (Å²) in [6, 6.07) is 12.1. The Kier molecular flexibility index (Phi) is 5.48. The molecule has 7 heteroatoms. The molecule has 0 unspecified atom stereocenters. The van der Waals surface area contributed by atoms with Gasteiger partial charge in [-0.3, -0.25) is 4.79 Å². The number of nitrogens with zero attached hydrogens (tertiary/aromatic N) is 4. The fraction of sp³-hybridized carbons (Fsp3) is 0.381. The van der Waals surface area contributed by atoms with Gasteiger partial charge in [0.1, 0.15) is 11.0 Å². The quantitative estimate of drug-likeness (QED) is 0.669. The van der Waals surface area contributed by atoms with Gasteiger partial charge in [0.25, 0.3) is 5.91 Å². The number of halogens is 1. The van der Waals surface area contributed by atoms with Gasteiger partial charge in [0.15, 0.2) is 0 Å². The van der Waals surface area contributed by atoms with E-state index < -0.39 is 0 Å². The van der Waals surface area contributed by atoms with Crippen molar-refractivity contribution in [2.24, 2.45) is 0 Å². The number of benzene rings is 1. The van der Waals surface area contributed by atoms with Crippen molar-refractivity contribution in [3.05, 3.63) is 64.6 Å². The minimum absolute atomic E-state index is 0.251. The van der Waals surface area contributed by atoms with Gasteiger partial charge in [0, 0.05) is 6.07 Å². The van der Waals surface area contributed by atoms with Crippen molar-refractivity contribution >= 4 is 23.3 Å². The Labute approximate surface area is 169 Å². The van der Waals surface area contributed by atoms with Crippen molar-refractivity contribution in [3.8, 4) is 0 Å². The monoisotopic (exact) mass is 397 g/mol. The lowest BCUT2D eigenvalue weighted by Crippen LogP contribution is -2.20. The van der Waals surface area contributed by atoms with Crippen LogP contribution in [0.3, 0.4) is 0 Å². The lowest BCUT2D eigenvalue weighted by molar-refractivity contribution is 0.102. The molecule has 4 rings (SSSR count). The second-order valence-electron chi connectivity index (χ2n) is 7.30. The molecule has 146 valence electrons. The zero-order chi connectivity index (χ0) is 19.5. The van der Waals surface area contributed by atoms with Crippen LogP contribution in [0.2, 0.25) is 5.15 Å². The molecular formula is C21H24ClN5O. The van der Waals surface area contributed by atoms with E-state index in [1.807, 2.05) is 41.1 Å². The summed E-state index contributed by atoms with van der Waals surface area (Å²) >= 11 is 6.52. The number of carbonyl (C=O) groups is 1. The Bertz CT molecular complexity index is 957. The summed E-state index contributed by atoms with van der Waals surface area (Å²) in [4.78, 5) is 13.0. The molecule has 0 saturated heterocycles. The normalized spacial score (nSPS) is 14.9. The third-order valence-electron chi connectivity index (χ3n) is 5.30. The lowest BCUT2D eigenvalue weighted by atomic mass is 9.96. The SMILES string of the molecule is Cc1nn(Cc2ccccc2)c(Cl)c1C(=O)Nc1ccnn1C1CCCCC1. The summed E-state index contributed by atoms with van der Waals surface area (Å²) < 4.78 is 3.61. The number of aromatic nitrogens is 4. The second-order valence-corrected chi connectivity index (χ2v) is 7.66. The highest BCUT2D eigenvalue weighted by atomic mass is 35.5. The summed E-state index contributed by atoms with van der Waals surface area (Å²) in [5, 5.41) is 12.2. The second kappa shape index (κ2) is 8.19. The van der Waals surface area contributed by atoms with Crippen LogP contribution >= 0.6 is 11.6 Å². The first-order valence-electron chi connectivity index (χ1n) is 9.75.